The number of amides is 2. The molecule has 140 valence electrons. The zero-order valence-corrected chi connectivity index (χ0v) is 15.8. The molecule has 1 aromatic carbocycles. The first-order valence-corrected chi connectivity index (χ1v) is 9.44. The predicted molar refractivity (Wildman–Crippen MR) is 104 cm³/mol. The van der Waals surface area contributed by atoms with E-state index in [-0.39, 0.29) is 11.8 Å². The Morgan fingerprint density at radius 2 is 1.67 bits per heavy atom. The lowest BCUT2D eigenvalue weighted by molar-refractivity contribution is -0.127. The first-order chi connectivity index (χ1) is 13.1. The van der Waals surface area contributed by atoms with Crippen molar-refractivity contribution in [2.75, 3.05) is 33.3 Å². The maximum absolute atomic E-state index is 12.4. The zero-order chi connectivity index (χ0) is 19.2. The summed E-state index contributed by atoms with van der Waals surface area (Å²) in [6.07, 6.45) is 3.23. The highest BCUT2D eigenvalue weighted by Gasteiger charge is 2.24. The lowest BCUT2D eigenvalue weighted by Crippen LogP contribution is -2.50. The molecule has 7 heteroatoms. The van der Waals surface area contributed by atoms with E-state index in [9.17, 15) is 14.4 Å². The van der Waals surface area contributed by atoms with Crippen molar-refractivity contribution in [3.8, 4) is 0 Å². The summed E-state index contributed by atoms with van der Waals surface area (Å²) in [5, 5.41) is 1.88. The summed E-state index contributed by atoms with van der Waals surface area (Å²) >= 11 is 1.43. The molecule has 1 aliphatic rings. The number of piperazine rings is 1. The summed E-state index contributed by atoms with van der Waals surface area (Å²) in [5.41, 5.74) is 1.29. The molecule has 0 atom stereocenters. The number of thiophene rings is 1. The molecule has 2 amide bonds. The van der Waals surface area contributed by atoms with Crippen LogP contribution in [0.1, 0.15) is 25.6 Å². The van der Waals surface area contributed by atoms with Crippen LogP contribution in [0.3, 0.4) is 0 Å². The number of benzene rings is 1. The predicted octanol–water partition coefficient (Wildman–Crippen LogP) is 2.53. The van der Waals surface area contributed by atoms with E-state index in [1.54, 1.807) is 40.1 Å². The van der Waals surface area contributed by atoms with Crippen molar-refractivity contribution < 1.29 is 19.1 Å². The number of nitrogens with zero attached hydrogens (tertiary/aromatic N) is 2. The molecule has 2 aromatic rings. The molecule has 1 aromatic heterocycles. The van der Waals surface area contributed by atoms with Gasteiger partial charge in [0.2, 0.25) is 5.91 Å². The van der Waals surface area contributed by atoms with Gasteiger partial charge in [-0.05, 0) is 35.2 Å². The van der Waals surface area contributed by atoms with Gasteiger partial charge in [0.25, 0.3) is 5.91 Å². The Morgan fingerprint density at radius 1 is 1.00 bits per heavy atom. The first-order valence-electron chi connectivity index (χ1n) is 8.56. The molecular weight excluding hydrogens is 364 g/mol. The lowest BCUT2D eigenvalue weighted by Gasteiger charge is -2.34. The number of carbonyl (C=O) groups is 3. The third-order valence-corrected chi connectivity index (χ3v) is 5.22. The van der Waals surface area contributed by atoms with Crippen LogP contribution in [0.4, 0.5) is 0 Å². The molecule has 1 fully saturated rings. The fraction of sp³-hybridized carbons (Fsp3) is 0.250. The number of hydrogen-bond donors (Lipinski definition) is 0. The highest BCUT2D eigenvalue weighted by molar-refractivity contribution is 7.12. The van der Waals surface area contributed by atoms with Gasteiger partial charge in [-0.3, -0.25) is 9.59 Å². The second-order valence-electron chi connectivity index (χ2n) is 6.04. The van der Waals surface area contributed by atoms with Crippen LogP contribution in [0.5, 0.6) is 0 Å². The second kappa shape index (κ2) is 8.64. The Bertz CT molecular complexity index is 835. The van der Waals surface area contributed by atoms with E-state index in [0.717, 1.165) is 10.4 Å². The Balaban J connectivity index is 1.52. The van der Waals surface area contributed by atoms with Gasteiger partial charge in [0.05, 0.1) is 17.6 Å². The Labute approximate surface area is 161 Å². The van der Waals surface area contributed by atoms with Gasteiger partial charge in [0, 0.05) is 32.3 Å². The first kappa shape index (κ1) is 18.8. The van der Waals surface area contributed by atoms with Crippen LogP contribution < -0.4 is 0 Å². The molecule has 6 nitrogen and oxygen atoms in total. The summed E-state index contributed by atoms with van der Waals surface area (Å²) in [7, 11) is 1.34. The van der Waals surface area contributed by atoms with E-state index in [2.05, 4.69) is 4.74 Å². The van der Waals surface area contributed by atoms with Crippen molar-refractivity contribution >= 4 is 35.2 Å². The van der Waals surface area contributed by atoms with E-state index < -0.39 is 5.97 Å². The fourth-order valence-electron chi connectivity index (χ4n) is 2.81. The monoisotopic (exact) mass is 384 g/mol. The summed E-state index contributed by atoms with van der Waals surface area (Å²) in [6, 6.07) is 10.5. The number of esters is 1. The normalized spacial score (nSPS) is 14.4. The summed E-state index contributed by atoms with van der Waals surface area (Å²) in [5.74, 6) is -0.454. The standard InChI is InChI=1S/C20H20N2O4S/c1-26-20(25)16-7-4-15(5-8-16)6-9-18(23)21-10-12-22(13-11-21)19(24)17-3-2-14-27-17/h2-9,14H,10-13H2,1H3/b9-6+. The molecule has 0 aliphatic carbocycles. The van der Waals surface area contributed by atoms with Crippen LogP contribution in [0.15, 0.2) is 47.9 Å². The van der Waals surface area contributed by atoms with Gasteiger partial charge in [0.1, 0.15) is 0 Å². The molecule has 0 N–H and O–H groups in total. The fourth-order valence-corrected chi connectivity index (χ4v) is 3.50. The molecule has 3 rings (SSSR count). The van der Waals surface area contributed by atoms with E-state index in [0.29, 0.717) is 31.7 Å². The third-order valence-electron chi connectivity index (χ3n) is 4.36. The molecule has 27 heavy (non-hydrogen) atoms. The number of hydrogen-bond acceptors (Lipinski definition) is 5. The van der Waals surface area contributed by atoms with Crippen molar-refractivity contribution in [3.63, 3.8) is 0 Å². The SMILES string of the molecule is COC(=O)c1ccc(/C=C/C(=O)N2CCN(C(=O)c3cccs3)CC2)cc1. The Hall–Kier alpha value is -2.93. The second-order valence-corrected chi connectivity index (χ2v) is 6.99. The van der Waals surface area contributed by atoms with Crippen LogP contribution in [-0.2, 0) is 9.53 Å². The minimum Gasteiger partial charge on any atom is -0.465 e. The third kappa shape index (κ3) is 4.62. The van der Waals surface area contributed by atoms with Crippen molar-refractivity contribution in [2.24, 2.45) is 0 Å². The van der Waals surface area contributed by atoms with E-state index in [1.807, 2.05) is 17.5 Å². The van der Waals surface area contributed by atoms with Crippen LogP contribution in [0.2, 0.25) is 0 Å². The topological polar surface area (TPSA) is 66.9 Å². The van der Waals surface area contributed by atoms with Crippen molar-refractivity contribution in [1.29, 1.82) is 0 Å². The van der Waals surface area contributed by atoms with E-state index in [4.69, 9.17) is 0 Å². The largest absolute Gasteiger partial charge is 0.465 e. The maximum atomic E-state index is 12.4. The van der Waals surface area contributed by atoms with Crippen molar-refractivity contribution in [3.05, 3.63) is 63.9 Å². The summed E-state index contributed by atoms with van der Waals surface area (Å²) in [4.78, 5) is 40.4. The molecule has 1 aliphatic heterocycles. The maximum Gasteiger partial charge on any atom is 0.337 e. The van der Waals surface area contributed by atoms with Gasteiger partial charge in [-0.25, -0.2) is 4.79 Å². The smallest absolute Gasteiger partial charge is 0.337 e. The van der Waals surface area contributed by atoms with Gasteiger partial charge in [-0.2, -0.15) is 0 Å². The van der Waals surface area contributed by atoms with Gasteiger partial charge in [-0.15, -0.1) is 11.3 Å². The van der Waals surface area contributed by atoms with Crippen molar-refractivity contribution in [1.82, 2.24) is 9.80 Å². The molecule has 0 bridgehead atoms. The average molecular weight is 384 g/mol. The molecule has 0 radical (unpaired) electrons. The van der Waals surface area contributed by atoms with Gasteiger partial charge in [-0.1, -0.05) is 18.2 Å². The summed E-state index contributed by atoms with van der Waals surface area (Å²) in [6.45, 7) is 2.09. The minimum absolute atomic E-state index is 0.0262. The summed E-state index contributed by atoms with van der Waals surface area (Å²) < 4.78 is 4.66. The number of methoxy groups -OCH3 is 1. The molecule has 1 saturated heterocycles. The molecule has 0 unspecified atom stereocenters. The molecular formula is C20H20N2O4S. The van der Waals surface area contributed by atoms with Crippen LogP contribution in [0.25, 0.3) is 6.08 Å². The van der Waals surface area contributed by atoms with Crippen LogP contribution in [0, 0.1) is 0 Å². The molecule has 2 heterocycles. The molecule has 0 spiro atoms. The van der Waals surface area contributed by atoms with Crippen LogP contribution in [-0.4, -0.2) is 60.9 Å². The Kier molecular flexibility index (Phi) is 6.03. The highest BCUT2D eigenvalue weighted by atomic mass is 32.1. The van der Waals surface area contributed by atoms with Crippen LogP contribution >= 0.6 is 11.3 Å². The van der Waals surface area contributed by atoms with Gasteiger partial charge in [0.15, 0.2) is 0 Å². The Morgan fingerprint density at radius 3 is 2.26 bits per heavy atom. The average Bonchev–Trinajstić information content (AvgIpc) is 3.26. The number of rotatable bonds is 4. The van der Waals surface area contributed by atoms with Crippen molar-refractivity contribution in [2.45, 2.75) is 0 Å². The van der Waals surface area contributed by atoms with E-state index in [1.165, 1.54) is 24.5 Å². The zero-order valence-electron chi connectivity index (χ0n) is 15.0. The minimum atomic E-state index is -0.392. The highest BCUT2D eigenvalue weighted by Crippen LogP contribution is 2.14. The molecule has 0 saturated carbocycles. The number of carbonyl (C=O) groups excluding carboxylic acids is 3. The van der Waals surface area contributed by atoms with E-state index >= 15 is 0 Å². The number of ether oxygens (including phenoxy) is 1. The van der Waals surface area contributed by atoms with Gasteiger partial charge >= 0.3 is 5.97 Å². The lowest BCUT2D eigenvalue weighted by atomic mass is 10.1. The quantitative estimate of drug-likeness (QED) is 0.600. The van der Waals surface area contributed by atoms with Gasteiger partial charge < -0.3 is 14.5 Å².